The van der Waals surface area contributed by atoms with E-state index in [4.69, 9.17) is 126 Å². The van der Waals surface area contributed by atoms with Crippen molar-refractivity contribution in [2.75, 3.05) is 5.73 Å². The van der Waals surface area contributed by atoms with Crippen molar-refractivity contribution in [2.45, 2.75) is 186 Å². The molecule has 6 N–H and O–H groups in total. The number of hydrogen-bond donors (Lipinski definition) is 5. The zero-order valence-corrected chi connectivity index (χ0v) is 94.3. The van der Waals surface area contributed by atoms with Crippen molar-refractivity contribution in [2.24, 2.45) is 0 Å². The van der Waals surface area contributed by atoms with Gasteiger partial charge in [-0.3, -0.25) is 38.4 Å². The van der Waals surface area contributed by atoms with E-state index in [1.54, 1.807) is 122 Å². The number of carboxylic acids is 1. The maximum Gasteiger partial charge on any atom is 1.00 e. The fourth-order valence-corrected chi connectivity index (χ4v) is 29.4. The zero-order chi connectivity index (χ0) is 108. The summed E-state index contributed by atoms with van der Waals surface area (Å²) in [7, 11) is 2.69. The predicted octanol–water partition coefficient (Wildman–Crippen LogP) is 23.3. The summed E-state index contributed by atoms with van der Waals surface area (Å²) in [6, 6.07) is 47.2. The minimum absolute atomic E-state index is 0. The van der Waals surface area contributed by atoms with Crippen LogP contribution in [0.1, 0.15) is 160 Å². The standard InChI is InChI=1S/C24H19FN4O.C20H16ClFN2O.C11H9FN2.C8H7ClN2.C8H8ClNO2.C7H7Cl2N.C7H8ClNO.C4H3N2.3C4H9.C2H6.CN.CH4.Cl2OS.Na.H2O4S.Sn/c1-16-9-17(13-27-24(16)20-7-8-28-29-15-20)10-23(30)12-22-6-5-19(14-26-22)18-3-2-4-21(25)11-18;1-13-7-14(11-24-20(13)21)8-19(25)10-18-6-5-16(12-23-18)15-3-2-4-17(22)9-15;12-10-3-1-2-8(6-10)9-4-5-11(13)14-7-9;1-6-4-7(2-3-10)5-11-8(6)9;1-5-2-6(3-7(11)12)4-10-8(5)9;1-5-2-6(3-8)4-10-7(5)9;1-5-2-6(4-10)3-9-7(5)8;1-2-4-6-5-3-1;3*1-3-4-2;2*1-2;;1-4(2)3;;1-5(2,3)4;/h2-9,11,13-15H,10,12H2,1H3;2-7,9,11-12H,8,10H2,1H3;1-7H,(H2,13,14);4-5H,2H2,1H3;2,4H,3H2,1H3,(H,11,12);2,4H,3H2,1H3;2-3,10H,4H2,1H3;1,3-4H;3*1,3-4H2,2H3;1-2H3;;1H4;;;(H2,1,2,3,4);/q;;;;;;;;;;;;-1;;;+1;;/i;;;;;;;;;;;1D;;;;;;. The molecular weight excluding hydrogens is 2190 g/mol. The van der Waals surface area contributed by atoms with Crippen molar-refractivity contribution >= 4 is 156 Å². The predicted molar refractivity (Wildman–Crippen MR) is 578 cm³/mol. The number of Topliss-reactive ketones (excluding diaryl/α,β-unsaturated/α-hetero) is 2. The van der Waals surface area contributed by atoms with Gasteiger partial charge in [0.2, 0.25) is 9.23 Å². The summed E-state index contributed by atoms with van der Waals surface area (Å²) in [6.07, 6.45) is 31.6. The van der Waals surface area contributed by atoms with E-state index in [9.17, 15) is 27.6 Å². The van der Waals surface area contributed by atoms with Gasteiger partial charge in [0.15, 0.2) is 0 Å². The van der Waals surface area contributed by atoms with Gasteiger partial charge in [-0.1, -0.05) is 158 Å². The number of aliphatic hydroxyl groups is 1. The number of rotatable bonds is 27. The molecule has 0 aliphatic carbocycles. The van der Waals surface area contributed by atoms with Gasteiger partial charge < -0.3 is 27.8 Å². The Morgan fingerprint density at radius 2 is 0.795 bits per heavy atom. The van der Waals surface area contributed by atoms with E-state index in [0.717, 1.165) is 106 Å². The van der Waals surface area contributed by atoms with E-state index < -0.39 is 44.0 Å². The molecule has 14 rings (SSSR count). The second-order valence-corrected chi connectivity index (χ2v) is 50.0. The number of nitriles is 1. The maximum absolute atomic E-state index is 13.4. The summed E-state index contributed by atoms with van der Waals surface area (Å²) < 4.78 is 92.6. The molecule has 770 valence electrons. The number of carbonyl (C=O) groups is 3. The number of nitrogen functional groups attached to an aromatic ring is 1. The number of hydrogen-bond acceptors (Lipinski definition) is 23. The summed E-state index contributed by atoms with van der Waals surface area (Å²) in [6.45, 7) is 25.3. The summed E-state index contributed by atoms with van der Waals surface area (Å²) in [5, 5.41) is 50.0. The van der Waals surface area contributed by atoms with Gasteiger partial charge in [0.25, 0.3) is 0 Å². The molecule has 0 aliphatic rings. The quantitative estimate of drug-likeness (QED) is 0.00797. The number of halogens is 11. The van der Waals surface area contributed by atoms with E-state index in [1.807, 2.05) is 120 Å². The molecule has 0 fully saturated rings. The van der Waals surface area contributed by atoms with Crippen molar-refractivity contribution in [3.05, 3.63) is 366 Å². The molecule has 0 unspecified atom stereocenters. The Kier molecular flexibility index (Phi) is 67.2. The number of nitrogens with zero attached hydrogens (tertiary/aromatic N) is 15. The topological polar surface area (TPSA) is 425 Å². The Labute approximate surface area is 922 Å². The average Bonchev–Trinajstić information content (AvgIpc) is 0.808. The summed E-state index contributed by atoms with van der Waals surface area (Å²) in [5.41, 5.74) is 23.8. The van der Waals surface area contributed by atoms with Crippen LogP contribution in [0.5, 0.6) is 0 Å². The average molecular weight is 2310 g/mol. The molecule has 11 aromatic heterocycles. The molecule has 0 amide bonds. The number of aliphatic hydroxyl groups excluding tert-OH is 1. The molecule has 0 bridgehead atoms. The van der Waals surface area contributed by atoms with Crippen molar-refractivity contribution in [1.82, 2.24) is 65.3 Å². The Morgan fingerprint density at radius 1 is 0.459 bits per heavy atom. The van der Waals surface area contributed by atoms with Gasteiger partial charge in [-0.05, 0) is 198 Å². The number of aliphatic carboxylic acids is 1. The first-order chi connectivity index (χ1) is 69.1. The number of nitrogens with two attached hydrogens (primary N) is 1. The number of aromatic nitrogens is 13. The number of ketones is 2. The van der Waals surface area contributed by atoms with Gasteiger partial charge in [0.05, 0.1) is 43.6 Å². The second kappa shape index (κ2) is 74.5. The minimum Gasteiger partial charge on any atom is -0.512 e. The normalized spacial score (nSPS) is 10.2. The zero-order valence-electron chi connectivity index (χ0n) is 82.7. The van der Waals surface area contributed by atoms with Crippen LogP contribution in [0, 0.1) is 82.2 Å². The van der Waals surface area contributed by atoms with Crippen LogP contribution in [-0.2, 0) is 85.0 Å². The van der Waals surface area contributed by atoms with E-state index in [1.165, 1.54) is 94.4 Å². The number of aryl methyl sites for hydroxylation is 6. The summed E-state index contributed by atoms with van der Waals surface area (Å²) >= 11 is 31.9. The van der Waals surface area contributed by atoms with E-state index in [-0.39, 0.29) is 98.3 Å². The monoisotopic (exact) mass is 2310 g/mol. The molecule has 0 spiro atoms. The third-order valence-electron chi connectivity index (χ3n) is 20.0. The maximum atomic E-state index is 13.4. The molecule has 0 radical (unpaired) electrons. The number of pyridine rings is 9. The van der Waals surface area contributed by atoms with Gasteiger partial charge >= 0.3 is 169 Å². The Bertz CT molecular complexity index is 6450. The third kappa shape index (κ3) is 54.5. The van der Waals surface area contributed by atoms with Crippen LogP contribution in [0.2, 0.25) is 39.1 Å². The molecule has 3 aromatic carbocycles. The number of benzene rings is 3. The molecule has 0 saturated carbocycles. The van der Waals surface area contributed by atoms with Crippen molar-refractivity contribution < 1.29 is 90.4 Å². The fourth-order valence-electron chi connectivity index (χ4n) is 13.2. The van der Waals surface area contributed by atoms with Gasteiger partial charge in [-0.2, -0.15) is 23.9 Å². The largest absolute Gasteiger partial charge is 1.00 e. The fraction of sp³-hybridized carbons (Fsp3) is 0.276. The first-order valence-electron chi connectivity index (χ1n) is 45.0. The van der Waals surface area contributed by atoms with Gasteiger partial charge in [-0.25, -0.2) is 47.3 Å². The smallest absolute Gasteiger partial charge is 0.512 e. The minimum atomic E-state index is -4.67. The van der Waals surface area contributed by atoms with Gasteiger partial charge in [0, 0.05) is 144 Å². The van der Waals surface area contributed by atoms with Crippen LogP contribution in [0.15, 0.2) is 238 Å². The summed E-state index contributed by atoms with van der Waals surface area (Å²) in [5.74, 6) is -0.631. The van der Waals surface area contributed by atoms with Gasteiger partial charge in [0.1, 0.15) is 60.6 Å². The van der Waals surface area contributed by atoms with Crippen molar-refractivity contribution in [1.29, 1.82) is 10.5 Å². The van der Waals surface area contributed by atoms with Crippen molar-refractivity contribution in [3.8, 4) is 50.7 Å². The van der Waals surface area contributed by atoms with E-state index >= 15 is 0 Å². The Balaban J connectivity index is 0.000000845. The van der Waals surface area contributed by atoms with Crippen LogP contribution < -0.4 is 38.9 Å². The van der Waals surface area contributed by atoms with E-state index in [2.05, 4.69) is 120 Å². The SMILES string of the molecule is C.CCC[CH2][Sn]([CH2]CCC)([CH2]CCC)[c]1ccnnc1.Cc1cc(CC#N)cnc1Cl.Cc1cc(CC(=O)Cc2ccc(-c3cccc(F)c3)cn2)cnc1-c1ccnnc1.Cc1cc(CC(=O)Cc2ccc(-c3cccc(F)c3)cn2)cnc1Cl.Cc1cc(CC(=O)O)cnc1Cl.Cc1cc(CCl)cnc1Cl.Cc1cc(CO)cnc1Cl.Nc1ccc(-c2cccc(F)c2)cn1.O=S(=O)(O)O.O=S(Cl)Cl.[2H]CC.[C-]#N.[Na+]. The molecule has 146 heavy (non-hydrogen) atoms. The molecule has 0 atom stereocenters. The number of carboxylic acid groups (broad SMARTS) is 1. The van der Waals surface area contributed by atoms with E-state index in [0.29, 0.717) is 74.2 Å². The van der Waals surface area contributed by atoms with Crippen LogP contribution in [0.4, 0.5) is 19.0 Å². The van der Waals surface area contributed by atoms with Crippen LogP contribution in [0.25, 0.3) is 44.6 Å². The number of carbonyl (C=O) groups excluding carboxylic acids is 2. The first-order valence-corrected chi connectivity index (χ1v) is 58.4. The molecule has 14 aromatic rings. The Morgan fingerprint density at radius 3 is 1.11 bits per heavy atom. The van der Waals surface area contributed by atoms with Crippen molar-refractivity contribution in [3.63, 3.8) is 0 Å². The molecule has 11 heterocycles. The second-order valence-electron chi connectivity index (χ2n) is 31.3. The number of unbranched alkanes of at least 4 members (excludes halogenated alkanes) is 3. The summed E-state index contributed by atoms with van der Waals surface area (Å²) in [4.78, 5) is 71.8. The van der Waals surface area contributed by atoms with Crippen LogP contribution >= 0.6 is 91.0 Å². The molecule has 41 heteroatoms. The molecule has 0 saturated heterocycles. The molecule has 0 aliphatic heterocycles. The number of anilines is 1. The van der Waals surface area contributed by atoms with Crippen LogP contribution in [-0.4, -0.2) is 133 Å². The number of alkyl halides is 1. The van der Waals surface area contributed by atoms with Gasteiger partial charge in [-0.15, -0.1) is 11.6 Å². The Hall–Kier alpha value is -10.4. The third-order valence-corrected chi connectivity index (χ3v) is 37.9. The molecule has 26 nitrogen and oxygen atoms in total. The first kappa shape index (κ1) is 132. The van der Waals surface area contributed by atoms with Crippen LogP contribution in [0.3, 0.4) is 0 Å². The molecular formula is C105H116Cl8F3N16NaO10S2Sn.